The van der Waals surface area contributed by atoms with Crippen molar-refractivity contribution in [3.63, 3.8) is 0 Å². The fourth-order valence-corrected chi connectivity index (χ4v) is 6.48. The number of piperazine rings is 1. The first-order valence-corrected chi connectivity index (χ1v) is 18.0. The summed E-state index contributed by atoms with van der Waals surface area (Å²) >= 11 is 0. The van der Waals surface area contributed by atoms with Gasteiger partial charge < -0.3 is 30.1 Å². The fraction of sp³-hybridized carbons (Fsp3) is 0.579. The molecule has 2 saturated heterocycles. The average Bonchev–Trinajstić information content (AvgIpc) is 3.07. The standard InChI is InChI=1S/C38H54N4O8/c1-6-7-10-31(35(45)39-20-8-9-25(2)3)40-24-34-41(32(36(40)46)23-28-13-17-30(44)18-14-28)37(47)33(22-26(4)5)50-42(34)38(48)49-21-19-27-11-15-29(43)16-12-27/h11-18,25-26,31-34,43-44H,6-10,19-24H2,1-5H3,(H,39,45)/t31-,32-,33+,34?/m0/s1. The molecule has 1 unspecified atom stereocenters. The summed E-state index contributed by atoms with van der Waals surface area (Å²) in [7, 11) is 0. The first-order valence-electron chi connectivity index (χ1n) is 18.0. The second kappa shape index (κ2) is 18.1. The number of unbranched alkanes of at least 4 members (excludes halogenated alkanes) is 1. The number of hydrogen-bond donors (Lipinski definition) is 3. The van der Waals surface area contributed by atoms with Gasteiger partial charge in [0.1, 0.15) is 23.6 Å². The molecule has 4 rings (SSSR count). The lowest BCUT2D eigenvalue weighted by Crippen LogP contribution is -2.75. The van der Waals surface area contributed by atoms with E-state index in [9.17, 15) is 29.4 Å². The zero-order valence-corrected chi connectivity index (χ0v) is 30.0. The van der Waals surface area contributed by atoms with Gasteiger partial charge >= 0.3 is 6.09 Å². The van der Waals surface area contributed by atoms with Crippen LogP contribution in [0.5, 0.6) is 11.5 Å². The maximum Gasteiger partial charge on any atom is 0.436 e. The minimum atomic E-state index is -1.05. The molecule has 12 nitrogen and oxygen atoms in total. The first kappa shape index (κ1) is 38.5. The smallest absolute Gasteiger partial charge is 0.436 e. The SMILES string of the molecule is CCCC[C@@H](C(=O)NCCCC(C)C)N1CC2N(C(=O)OCCc3ccc(O)cc3)O[C@H](CC(C)C)C(=O)N2[C@@H](Cc2ccc(O)cc2)C1=O. The Morgan fingerprint density at radius 1 is 0.900 bits per heavy atom. The molecule has 2 aromatic rings. The van der Waals surface area contributed by atoms with Gasteiger partial charge in [-0.05, 0) is 72.9 Å². The molecule has 12 heteroatoms. The zero-order valence-electron chi connectivity index (χ0n) is 30.0. The molecule has 0 saturated carbocycles. The van der Waals surface area contributed by atoms with Crippen LogP contribution >= 0.6 is 0 Å². The topological polar surface area (TPSA) is 149 Å². The van der Waals surface area contributed by atoms with Gasteiger partial charge in [-0.25, -0.2) is 4.79 Å². The molecule has 2 heterocycles. The highest BCUT2D eigenvalue weighted by atomic mass is 16.7. The van der Waals surface area contributed by atoms with Gasteiger partial charge in [0, 0.05) is 19.4 Å². The van der Waals surface area contributed by atoms with Crippen LogP contribution in [0, 0.1) is 11.8 Å². The Morgan fingerprint density at radius 3 is 2.14 bits per heavy atom. The van der Waals surface area contributed by atoms with Gasteiger partial charge in [0.25, 0.3) is 5.91 Å². The molecule has 2 aliphatic heterocycles. The van der Waals surface area contributed by atoms with E-state index in [1.807, 2.05) is 20.8 Å². The van der Waals surface area contributed by atoms with Crippen molar-refractivity contribution in [3.8, 4) is 11.5 Å². The lowest BCUT2D eigenvalue weighted by molar-refractivity contribution is -0.269. The molecule has 50 heavy (non-hydrogen) atoms. The van der Waals surface area contributed by atoms with Gasteiger partial charge in [-0.15, -0.1) is 0 Å². The molecule has 2 fully saturated rings. The molecule has 2 aromatic carbocycles. The molecule has 4 amide bonds. The molecule has 0 aromatic heterocycles. The third-order valence-electron chi connectivity index (χ3n) is 9.18. The third-order valence-corrected chi connectivity index (χ3v) is 9.18. The van der Waals surface area contributed by atoms with Crippen LogP contribution in [0.15, 0.2) is 48.5 Å². The van der Waals surface area contributed by atoms with Crippen LogP contribution < -0.4 is 5.32 Å². The highest BCUT2D eigenvalue weighted by molar-refractivity contribution is 5.95. The number of phenols is 2. The minimum Gasteiger partial charge on any atom is -0.508 e. The van der Waals surface area contributed by atoms with Crippen molar-refractivity contribution in [2.45, 2.75) is 110 Å². The lowest BCUT2D eigenvalue weighted by atomic mass is 9.94. The molecule has 0 spiro atoms. The number of phenolic OH excluding ortho intramolecular Hbond substituents is 2. The number of hydrogen-bond acceptors (Lipinski definition) is 8. The maximum atomic E-state index is 14.6. The van der Waals surface area contributed by atoms with Crippen molar-refractivity contribution in [2.75, 3.05) is 19.7 Å². The molecular weight excluding hydrogens is 640 g/mol. The maximum absolute atomic E-state index is 14.6. The number of carbonyl (C=O) groups excluding carboxylic acids is 4. The summed E-state index contributed by atoms with van der Waals surface area (Å²) in [5.74, 6) is -0.322. The number of fused-ring (bicyclic) bond motifs is 1. The van der Waals surface area contributed by atoms with Crippen LogP contribution in [-0.4, -0.2) is 92.9 Å². The minimum absolute atomic E-state index is 0.0104. The van der Waals surface area contributed by atoms with E-state index in [4.69, 9.17) is 9.57 Å². The molecular formula is C38H54N4O8. The van der Waals surface area contributed by atoms with Crippen molar-refractivity contribution >= 4 is 23.8 Å². The van der Waals surface area contributed by atoms with Crippen molar-refractivity contribution in [1.82, 2.24) is 20.2 Å². The molecule has 0 bridgehead atoms. The van der Waals surface area contributed by atoms with Gasteiger partial charge in [-0.2, -0.15) is 5.06 Å². The second-order valence-corrected chi connectivity index (χ2v) is 14.2. The Labute approximate surface area is 295 Å². The van der Waals surface area contributed by atoms with Crippen molar-refractivity contribution in [1.29, 1.82) is 0 Å². The highest BCUT2D eigenvalue weighted by Crippen LogP contribution is 2.33. The zero-order chi connectivity index (χ0) is 36.4. The summed E-state index contributed by atoms with van der Waals surface area (Å²) < 4.78 is 5.69. The monoisotopic (exact) mass is 694 g/mol. The van der Waals surface area contributed by atoms with Gasteiger partial charge in [0.05, 0.1) is 13.2 Å². The van der Waals surface area contributed by atoms with Crippen LogP contribution in [0.3, 0.4) is 0 Å². The highest BCUT2D eigenvalue weighted by Gasteiger charge is 2.55. The van der Waals surface area contributed by atoms with Crippen molar-refractivity contribution in [2.24, 2.45) is 11.8 Å². The summed E-state index contributed by atoms with van der Waals surface area (Å²) in [5.41, 5.74) is 1.55. The Hall–Kier alpha value is -4.32. The van der Waals surface area contributed by atoms with E-state index < -0.39 is 36.4 Å². The van der Waals surface area contributed by atoms with Crippen molar-refractivity contribution < 1.29 is 39.0 Å². The fourth-order valence-electron chi connectivity index (χ4n) is 6.48. The number of amides is 4. The Balaban J connectivity index is 1.68. The number of aromatic hydroxyl groups is 2. The molecule has 0 aliphatic carbocycles. The van der Waals surface area contributed by atoms with Gasteiger partial charge in [-0.3, -0.25) is 19.2 Å². The summed E-state index contributed by atoms with van der Waals surface area (Å²) in [6.07, 6.45) is 1.59. The van der Waals surface area contributed by atoms with E-state index >= 15 is 0 Å². The predicted octanol–water partition coefficient (Wildman–Crippen LogP) is 5.16. The number of benzene rings is 2. The number of nitrogens with zero attached hydrogens (tertiary/aromatic N) is 3. The predicted molar refractivity (Wildman–Crippen MR) is 188 cm³/mol. The van der Waals surface area contributed by atoms with Crippen LogP contribution in [0.1, 0.15) is 84.3 Å². The van der Waals surface area contributed by atoms with E-state index in [2.05, 4.69) is 19.2 Å². The van der Waals surface area contributed by atoms with Crippen LogP contribution in [-0.2, 0) is 36.8 Å². The molecule has 0 radical (unpaired) electrons. The molecule has 4 atom stereocenters. The number of rotatable bonds is 16. The van der Waals surface area contributed by atoms with E-state index in [-0.39, 0.29) is 48.8 Å². The summed E-state index contributed by atoms with van der Waals surface area (Å²) in [6.45, 7) is 10.5. The quantitative estimate of drug-likeness (QED) is 0.204. The van der Waals surface area contributed by atoms with Gasteiger partial charge in [-0.1, -0.05) is 71.7 Å². The first-order chi connectivity index (χ1) is 23.9. The third kappa shape index (κ3) is 10.1. The largest absolute Gasteiger partial charge is 0.508 e. The van der Waals surface area contributed by atoms with Crippen LogP contribution in [0.4, 0.5) is 4.79 Å². The number of nitrogens with one attached hydrogen (secondary N) is 1. The van der Waals surface area contributed by atoms with Crippen molar-refractivity contribution in [3.05, 3.63) is 59.7 Å². The summed E-state index contributed by atoms with van der Waals surface area (Å²) in [6, 6.07) is 11.2. The number of carbonyl (C=O) groups is 4. The Bertz CT molecular complexity index is 1430. The van der Waals surface area contributed by atoms with E-state index in [1.165, 1.54) is 21.9 Å². The number of ether oxygens (including phenoxy) is 1. The van der Waals surface area contributed by atoms with Crippen LogP contribution in [0.25, 0.3) is 0 Å². The van der Waals surface area contributed by atoms with E-state index in [1.54, 1.807) is 36.4 Å². The van der Waals surface area contributed by atoms with Crippen LogP contribution in [0.2, 0.25) is 0 Å². The number of hydroxylamine groups is 2. The normalized spacial score (nSPS) is 19.9. The van der Waals surface area contributed by atoms with Gasteiger partial charge in [0.15, 0.2) is 12.3 Å². The Morgan fingerprint density at radius 2 is 1.54 bits per heavy atom. The summed E-state index contributed by atoms with van der Waals surface area (Å²) in [5, 5.41) is 23.6. The Kier molecular flexibility index (Phi) is 13.9. The summed E-state index contributed by atoms with van der Waals surface area (Å²) in [4.78, 5) is 65.5. The lowest BCUT2D eigenvalue weighted by Gasteiger charge is -2.53. The second-order valence-electron chi connectivity index (χ2n) is 14.2. The molecule has 274 valence electrons. The molecule has 3 N–H and O–H groups in total. The average molecular weight is 695 g/mol. The van der Waals surface area contributed by atoms with Gasteiger partial charge in [0.2, 0.25) is 11.8 Å². The van der Waals surface area contributed by atoms with E-state index in [0.717, 1.165) is 29.9 Å². The molecule has 2 aliphatic rings. The van der Waals surface area contributed by atoms with E-state index in [0.29, 0.717) is 43.7 Å².